The molecule has 1 aromatic heterocycles. The highest BCUT2D eigenvalue weighted by Gasteiger charge is 2.13. The predicted molar refractivity (Wildman–Crippen MR) is 128 cm³/mol. The fourth-order valence-corrected chi connectivity index (χ4v) is 6.01. The van der Waals surface area contributed by atoms with Crippen molar-refractivity contribution in [2.75, 3.05) is 20.0 Å². The summed E-state index contributed by atoms with van der Waals surface area (Å²) in [6.45, 7) is 0. The summed E-state index contributed by atoms with van der Waals surface area (Å²) in [7, 11) is 3.13. The van der Waals surface area contributed by atoms with Crippen LogP contribution in [0.25, 0.3) is 10.8 Å². The van der Waals surface area contributed by atoms with Gasteiger partial charge in [-0.3, -0.25) is 4.79 Å². The Morgan fingerprint density at radius 1 is 0.903 bits per heavy atom. The van der Waals surface area contributed by atoms with E-state index in [1.54, 1.807) is 44.2 Å². The molecule has 0 unspecified atom stereocenters. The molecule has 0 amide bonds. The number of rotatable bonds is 9. The molecule has 0 saturated heterocycles. The van der Waals surface area contributed by atoms with Crippen molar-refractivity contribution >= 4 is 51.4 Å². The van der Waals surface area contributed by atoms with Crippen LogP contribution >= 0.6 is 34.9 Å². The molecule has 0 aliphatic carbocycles. The van der Waals surface area contributed by atoms with Crippen LogP contribution < -0.4 is 9.47 Å². The van der Waals surface area contributed by atoms with Gasteiger partial charge in [-0.2, -0.15) is 0 Å². The Hall–Kier alpha value is -2.55. The summed E-state index contributed by atoms with van der Waals surface area (Å²) in [6.07, 6.45) is 0. The third kappa shape index (κ3) is 5.20. The van der Waals surface area contributed by atoms with Crippen LogP contribution in [0.4, 0.5) is 0 Å². The molecular formula is C23H20N2O3S3. The van der Waals surface area contributed by atoms with E-state index in [0.29, 0.717) is 17.1 Å². The number of carbonyl (C=O) groups is 1. The number of hydrogen-bond donors (Lipinski definition) is 0. The van der Waals surface area contributed by atoms with Crippen LogP contribution in [0, 0.1) is 0 Å². The summed E-state index contributed by atoms with van der Waals surface area (Å²) in [5.74, 6) is 2.26. The number of aromatic nitrogens is 2. The molecule has 31 heavy (non-hydrogen) atoms. The van der Waals surface area contributed by atoms with Gasteiger partial charge in [0.25, 0.3) is 0 Å². The van der Waals surface area contributed by atoms with E-state index in [4.69, 9.17) is 9.47 Å². The highest BCUT2D eigenvalue weighted by Crippen LogP contribution is 2.33. The fraction of sp³-hybridized carbons (Fsp3) is 0.174. The first-order valence-corrected chi connectivity index (χ1v) is 12.3. The Labute approximate surface area is 193 Å². The Morgan fingerprint density at radius 2 is 1.65 bits per heavy atom. The van der Waals surface area contributed by atoms with Crippen LogP contribution in [0.5, 0.6) is 11.5 Å². The van der Waals surface area contributed by atoms with Gasteiger partial charge in [0.05, 0.1) is 20.0 Å². The molecule has 158 valence electrons. The zero-order valence-corrected chi connectivity index (χ0v) is 19.5. The van der Waals surface area contributed by atoms with E-state index < -0.39 is 0 Å². The molecule has 1 heterocycles. The second-order valence-electron chi connectivity index (χ2n) is 6.54. The lowest BCUT2D eigenvalue weighted by atomic mass is 10.1. The van der Waals surface area contributed by atoms with Gasteiger partial charge in [-0.05, 0) is 34.5 Å². The summed E-state index contributed by atoms with van der Waals surface area (Å²) in [5.41, 5.74) is 1.86. The average molecular weight is 469 g/mol. The standard InChI is InChI=1S/C23H20N2O3S3/c1-27-20-11-10-16(12-21(20)28-2)19(26)14-30-23-25-24-22(31-23)29-13-17-8-5-7-15-6-3-4-9-18(15)17/h3-12H,13-14H2,1-2H3. The molecule has 0 aliphatic heterocycles. The zero-order chi connectivity index (χ0) is 21.6. The van der Waals surface area contributed by atoms with Gasteiger partial charge in [-0.1, -0.05) is 77.3 Å². The maximum atomic E-state index is 12.6. The molecule has 8 heteroatoms. The topological polar surface area (TPSA) is 61.3 Å². The molecule has 0 bridgehead atoms. The molecule has 0 aliphatic rings. The second-order valence-corrected chi connectivity index (χ2v) is 9.96. The number of nitrogens with zero attached hydrogens (tertiary/aromatic N) is 2. The average Bonchev–Trinajstić information content (AvgIpc) is 3.28. The second kappa shape index (κ2) is 10.2. The van der Waals surface area contributed by atoms with E-state index in [2.05, 4.69) is 52.7 Å². The molecule has 0 fully saturated rings. The lowest BCUT2D eigenvalue weighted by molar-refractivity contribution is 0.102. The Morgan fingerprint density at radius 3 is 2.45 bits per heavy atom. The maximum absolute atomic E-state index is 12.6. The largest absolute Gasteiger partial charge is 0.493 e. The van der Waals surface area contributed by atoms with Crippen LogP contribution in [0.3, 0.4) is 0 Å². The van der Waals surface area contributed by atoms with Crippen molar-refractivity contribution in [3.05, 3.63) is 71.8 Å². The van der Waals surface area contributed by atoms with Gasteiger partial charge in [-0.25, -0.2) is 0 Å². The van der Waals surface area contributed by atoms with Crippen LogP contribution in [-0.2, 0) is 5.75 Å². The van der Waals surface area contributed by atoms with E-state index >= 15 is 0 Å². The number of fused-ring (bicyclic) bond motifs is 1. The SMILES string of the molecule is COc1ccc(C(=O)CSc2nnc(SCc3cccc4ccccc34)s2)cc1OC. The first-order chi connectivity index (χ1) is 15.2. The minimum absolute atomic E-state index is 0.00566. The van der Waals surface area contributed by atoms with Gasteiger partial charge < -0.3 is 9.47 Å². The lowest BCUT2D eigenvalue weighted by Crippen LogP contribution is -2.03. The van der Waals surface area contributed by atoms with Crippen molar-refractivity contribution in [2.45, 2.75) is 14.4 Å². The molecule has 0 spiro atoms. The molecule has 4 rings (SSSR count). The third-order valence-electron chi connectivity index (χ3n) is 4.65. The van der Waals surface area contributed by atoms with Crippen molar-refractivity contribution in [2.24, 2.45) is 0 Å². The maximum Gasteiger partial charge on any atom is 0.175 e. The van der Waals surface area contributed by atoms with Crippen molar-refractivity contribution in [1.82, 2.24) is 10.2 Å². The number of Topliss-reactive ketones (excluding diaryl/α,β-unsaturated/α-hetero) is 1. The number of hydrogen-bond acceptors (Lipinski definition) is 8. The normalized spacial score (nSPS) is 10.9. The molecule has 4 aromatic rings. The van der Waals surface area contributed by atoms with Gasteiger partial charge >= 0.3 is 0 Å². The molecule has 0 radical (unpaired) electrons. The van der Waals surface area contributed by atoms with Crippen molar-refractivity contribution in [1.29, 1.82) is 0 Å². The lowest BCUT2D eigenvalue weighted by Gasteiger charge is -2.08. The van der Waals surface area contributed by atoms with Gasteiger partial charge in [0, 0.05) is 11.3 Å². The predicted octanol–water partition coefficient (Wildman–Crippen LogP) is 5.98. The van der Waals surface area contributed by atoms with E-state index in [-0.39, 0.29) is 11.5 Å². The highest BCUT2D eigenvalue weighted by molar-refractivity contribution is 8.03. The van der Waals surface area contributed by atoms with E-state index in [1.807, 2.05) is 0 Å². The molecule has 3 aromatic carbocycles. The Bertz CT molecular complexity index is 1200. The van der Waals surface area contributed by atoms with Crippen molar-refractivity contribution in [3.63, 3.8) is 0 Å². The first-order valence-electron chi connectivity index (χ1n) is 9.49. The van der Waals surface area contributed by atoms with Crippen molar-refractivity contribution in [3.8, 4) is 11.5 Å². The van der Waals surface area contributed by atoms with Crippen LogP contribution in [0.2, 0.25) is 0 Å². The van der Waals surface area contributed by atoms with E-state index in [0.717, 1.165) is 14.4 Å². The number of ether oxygens (including phenoxy) is 2. The number of methoxy groups -OCH3 is 2. The van der Waals surface area contributed by atoms with Crippen molar-refractivity contribution < 1.29 is 14.3 Å². The van der Waals surface area contributed by atoms with Gasteiger partial charge in [0.15, 0.2) is 26.0 Å². The number of thioether (sulfide) groups is 2. The number of benzene rings is 3. The summed E-state index contributed by atoms with van der Waals surface area (Å²) in [5, 5.41) is 11.0. The fourth-order valence-electron chi connectivity index (χ4n) is 3.09. The van der Waals surface area contributed by atoms with E-state index in [1.165, 1.54) is 39.4 Å². The number of ketones is 1. The van der Waals surface area contributed by atoms with Crippen LogP contribution in [-0.4, -0.2) is 36.0 Å². The summed E-state index contributed by atoms with van der Waals surface area (Å²) in [6, 6.07) is 19.9. The quantitative estimate of drug-likeness (QED) is 0.221. The van der Waals surface area contributed by atoms with Gasteiger partial charge in [0.2, 0.25) is 0 Å². The minimum atomic E-state index is 0.00566. The van der Waals surface area contributed by atoms with E-state index in [9.17, 15) is 4.79 Å². The van der Waals surface area contributed by atoms with Gasteiger partial charge in [-0.15, -0.1) is 10.2 Å². The summed E-state index contributed by atoms with van der Waals surface area (Å²) >= 11 is 4.58. The number of carbonyl (C=O) groups excluding carboxylic acids is 1. The third-order valence-corrected chi connectivity index (χ3v) is 7.89. The summed E-state index contributed by atoms with van der Waals surface area (Å²) in [4.78, 5) is 12.6. The summed E-state index contributed by atoms with van der Waals surface area (Å²) < 4.78 is 12.2. The molecule has 5 nitrogen and oxygen atoms in total. The smallest absolute Gasteiger partial charge is 0.175 e. The van der Waals surface area contributed by atoms with Crippen LogP contribution in [0.15, 0.2) is 69.3 Å². The Balaban J connectivity index is 1.35. The minimum Gasteiger partial charge on any atom is -0.493 e. The molecular weight excluding hydrogens is 448 g/mol. The highest BCUT2D eigenvalue weighted by atomic mass is 32.2. The first kappa shape index (κ1) is 21.7. The molecule has 0 atom stereocenters. The van der Waals surface area contributed by atoms with Gasteiger partial charge in [0.1, 0.15) is 0 Å². The molecule has 0 saturated carbocycles. The molecule has 0 N–H and O–H groups in total. The zero-order valence-electron chi connectivity index (χ0n) is 17.0. The van der Waals surface area contributed by atoms with Crippen LogP contribution in [0.1, 0.15) is 15.9 Å². The monoisotopic (exact) mass is 468 g/mol. The Kier molecular flexibility index (Phi) is 7.11.